The van der Waals surface area contributed by atoms with Crippen LogP contribution < -0.4 is 4.72 Å². The van der Waals surface area contributed by atoms with Crippen molar-refractivity contribution in [2.45, 2.75) is 57.1 Å². The van der Waals surface area contributed by atoms with Crippen LogP contribution in [0.4, 0.5) is 5.69 Å². The van der Waals surface area contributed by atoms with Crippen LogP contribution in [0.25, 0.3) is 0 Å². The van der Waals surface area contributed by atoms with E-state index in [1.165, 1.54) is 49.6 Å². The first-order chi connectivity index (χ1) is 14.9. The number of unbranched alkanes of at least 4 members (excludes halogenated alkanes) is 3. The zero-order chi connectivity index (χ0) is 22.1. The van der Waals surface area contributed by atoms with Gasteiger partial charge < -0.3 is 14.5 Å². The fraction of sp³-hybridized carbons (Fsp3) is 0.739. The molecule has 31 heavy (non-hydrogen) atoms. The Hall–Kier alpha value is -1.19. The molecule has 2 aliphatic rings. The van der Waals surface area contributed by atoms with Crippen molar-refractivity contribution < 1.29 is 13.2 Å². The van der Waals surface area contributed by atoms with Gasteiger partial charge in [0.05, 0.1) is 6.10 Å². The third-order valence-corrected chi connectivity index (χ3v) is 8.00. The molecule has 2 aliphatic heterocycles. The number of piperidine rings is 1. The zero-order valence-electron chi connectivity index (χ0n) is 19.2. The number of ether oxygens (including phenoxy) is 1. The van der Waals surface area contributed by atoms with Gasteiger partial charge in [-0.15, -0.1) is 0 Å². The number of hydrogen-bond donors (Lipinski definition) is 1. The summed E-state index contributed by atoms with van der Waals surface area (Å²) < 4.78 is 35.3. The Kier molecular flexibility index (Phi) is 9.59. The Balaban J connectivity index is 1.22. The number of hydrogen-bond acceptors (Lipinski definition) is 5. The minimum Gasteiger partial charge on any atom is -0.378 e. The predicted molar refractivity (Wildman–Crippen MR) is 127 cm³/mol. The SMILES string of the molecule is CN(C)C1CCN(CCCCCCOC2CCN(S(=O)(=O)Nc3ccccc3)CC2)C1. The summed E-state index contributed by atoms with van der Waals surface area (Å²) in [6.45, 7) is 5.47. The topological polar surface area (TPSA) is 65.1 Å². The van der Waals surface area contributed by atoms with Crippen LogP contribution in [0.15, 0.2) is 30.3 Å². The molecule has 1 unspecified atom stereocenters. The van der Waals surface area contributed by atoms with E-state index in [9.17, 15) is 8.42 Å². The van der Waals surface area contributed by atoms with E-state index in [0.29, 0.717) is 18.8 Å². The number of nitrogens with zero attached hydrogens (tertiary/aromatic N) is 3. The van der Waals surface area contributed by atoms with Crippen molar-refractivity contribution in [2.24, 2.45) is 0 Å². The van der Waals surface area contributed by atoms with Gasteiger partial charge in [0.1, 0.15) is 0 Å². The van der Waals surface area contributed by atoms with Crippen molar-refractivity contribution in [3.8, 4) is 0 Å². The van der Waals surface area contributed by atoms with Gasteiger partial charge in [-0.2, -0.15) is 12.7 Å². The van der Waals surface area contributed by atoms with Gasteiger partial charge in [-0.1, -0.05) is 31.0 Å². The first-order valence-electron chi connectivity index (χ1n) is 11.8. The Morgan fingerprint density at radius 1 is 1.00 bits per heavy atom. The molecule has 0 radical (unpaired) electrons. The van der Waals surface area contributed by atoms with Gasteiger partial charge >= 0.3 is 10.2 Å². The highest BCUT2D eigenvalue weighted by Crippen LogP contribution is 2.19. The number of likely N-dealkylation sites (tertiary alicyclic amines) is 1. The molecular weight excluding hydrogens is 412 g/mol. The highest BCUT2D eigenvalue weighted by molar-refractivity contribution is 7.90. The summed E-state index contributed by atoms with van der Waals surface area (Å²) in [6, 6.07) is 9.77. The second kappa shape index (κ2) is 12.2. The smallest absolute Gasteiger partial charge is 0.301 e. The highest BCUT2D eigenvalue weighted by Gasteiger charge is 2.28. The van der Waals surface area contributed by atoms with Crippen molar-refractivity contribution in [2.75, 3.05) is 58.1 Å². The average molecular weight is 453 g/mol. The van der Waals surface area contributed by atoms with Crippen LogP contribution in [0, 0.1) is 0 Å². The molecule has 0 spiro atoms. The van der Waals surface area contributed by atoms with E-state index in [0.717, 1.165) is 31.9 Å². The van der Waals surface area contributed by atoms with Crippen molar-refractivity contribution in [1.82, 2.24) is 14.1 Å². The van der Waals surface area contributed by atoms with Gasteiger partial charge in [-0.3, -0.25) is 4.72 Å². The monoisotopic (exact) mass is 452 g/mol. The number of benzene rings is 1. The van der Waals surface area contributed by atoms with Crippen molar-refractivity contribution in [3.63, 3.8) is 0 Å². The van der Waals surface area contributed by atoms with Gasteiger partial charge in [0.2, 0.25) is 0 Å². The average Bonchev–Trinajstić information content (AvgIpc) is 3.23. The summed E-state index contributed by atoms with van der Waals surface area (Å²) in [5.41, 5.74) is 0.600. The molecular formula is C23H40N4O3S. The number of nitrogens with one attached hydrogen (secondary N) is 1. The fourth-order valence-corrected chi connectivity index (χ4v) is 5.69. The van der Waals surface area contributed by atoms with E-state index in [1.54, 1.807) is 12.1 Å². The largest absolute Gasteiger partial charge is 0.378 e. The molecule has 0 aromatic heterocycles. The second-order valence-corrected chi connectivity index (χ2v) is 10.7. The van der Waals surface area contributed by atoms with Crippen LogP contribution >= 0.6 is 0 Å². The molecule has 176 valence electrons. The highest BCUT2D eigenvalue weighted by atomic mass is 32.2. The quantitative estimate of drug-likeness (QED) is 0.494. The fourth-order valence-electron chi connectivity index (χ4n) is 4.44. The summed E-state index contributed by atoms with van der Waals surface area (Å²) in [5, 5.41) is 0. The van der Waals surface area contributed by atoms with Crippen molar-refractivity contribution in [1.29, 1.82) is 0 Å². The Bertz CT molecular complexity index is 736. The number of para-hydroxylation sites is 1. The van der Waals surface area contributed by atoms with Crippen molar-refractivity contribution in [3.05, 3.63) is 30.3 Å². The summed E-state index contributed by atoms with van der Waals surface area (Å²) in [5.74, 6) is 0. The maximum Gasteiger partial charge on any atom is 0.301 e. The lowest BCUT2D eigenvalue weighted by Gasteiger charge is -2.31. The van der Waals surface area contributed by atoms with E-state index < -0.39 is 10.2 Å². The van der Waals surface area contributed by atoms with Crippen LogP contribution in [0.1, 0.15) is 44.9 Å². The third kappa shape index (κ3) is 8.02. The summed E-state index contributed by atoms with van der Waals surface area (Å²) in [4.78, 5) is 4.94. The van der Waals surface area contributed by atoms with Crippen molar-refractivity contribution >= 4 is 15.9 Å². The molecule has 0 amide bonds. The lowest BCUT2D eigenvalue weighted by Crippen LogP contribution is -2.43. The first kappa shape index (κ1) is 24.5. The predicted octanol–water partition coefficient (Wildman–Crippen LogP) is 3.02. The Labute approximate surface area is 188 Å². The van der Waals surface area contributed by atoms with Crippen LogP contribution in [0.5, 0.6) is 0 Å². The van der Waals surface area contributed by atoms with Crippen LogP contribution in [0.2, 0.25) is 0 Å². The first-order valence-corrected chi connectivity index (χ1v) is 13.2. The summed E-state index contributed by atoms with van der Waals surface area (Å²) >= 11 is 0. The normalized spacial score (nSPS) is 21.7. The van der Waals surface area contributed by atoms with E-state index in [2.05, 4.69) is 28.6 Å². The van der Waals surface area contributed by atoms with Crippen LogP contribution in [-0.4, -0.2) is 88.1 Å². The number of rotatable bonds is 12. The molecule has 1 N–H and O–H groups in total. The zero-order valence-corrected chi connectivity index (χ0v) is 20.0. The minimum absolute atomic E-state index is 0.177. The number of anilines is 1. The molecule has 1 aromatic rings. The maximum atomic E-state index is 12.5. The molecule has 8 heteroatoms. The number of likely N-dealkylation sites (N-methyl/N-ethyl adjacent to an activating group) is 1. The van der Waals surface area contributed by atoms with E-state index in [1.807, 2.05) is 18.2 Å². The Morgan fingerprint density at radius 2 is 1.71 bits per heavy atom. The third-order valence-electron chi connectivity index (χ3n) is 6.46. The molecule has 0 saturated carbocycles. The lowest BCUT2D eigenvalue weighted by atomic mass is 10.1. The van der Waals surface area contributed by atoms with Gasteiger partial charge in [0.25, 0.3) is 0 Å². The molecule has 0 bridgehead atoms. The summed E-state index contributed by atoms with van der Waals surface area (Å²) in [7, 11) is 0.869. The molecule has 2 fully saturated rings. The van der Waals surface area contributed by atoms with Gasteiger partial charge in [0.15, 0.2) is 0 Å². The minimum atomic E-state index is -3.49. The van der Waals surface area contributed by atoms with Gasteiger partial charge in [-0.25, -0.2) is 0 Å². The van der Waals surface area contributed by atoms with E-state index in [4.69, 9.17) is 4.74 Å². The molecule has 1 aromatic carbocycles. The van der Waals surface area contributed by atoms with Gasteiger partial charge in [0, 0.05) is 38.0 Å². The molecule has 7 nitrogen and oxygen atoms in total. The molecule has 0 aliphatic carbocycles. The van der Waals surface area contributed by atoms with E-state index in [-0.39, 0.29) is 6.10 Å². The summed E-state index contributed by atoms with van der Waals surface area (Å²) in [6.07, 6.45) is 7.82. The van der Waals surface area contributed by atoms with Crippen LogP contribution in [0.3, 0.4) is 0 Å². The molecule has 3 rings (SSSR count). The lowest BCUT2D eigenvalue weighted by molar-refractivity contribution is 0.0193. The maximum absolute atomic E-state index is 12.5. The Morgan fingerprint density at radius 3 is 2.39 bits per heavy atom. The second-order valence-electron chi connectivity index (χ2n) is 9.06. The van der Waals surface area contributed by atoms with E-state index >= 15 is 0 Å². The molecule has 2 saturated heterocycles. The standard InChI is InChI=1S/C23H40N4O3S/c1-25(2)22-12-16-26(20-22)15-8-3-4-9-19-30-23-13-17-27(18-14-23)31(28,29)24-21-10-6-5-7-11-21/h5-7,10-11,22-24H,3-4,8-9,12-20H2,1-2H3. The van der Waals surface area contributed by atoms with Gasteiger partial charge in [-0.05, 0) is 71.4 Å². The molecule has 1 atom stereocenters. The molecule has 2 heterocycles. The van der Waals surface area contributed by atoms with Crippen LogP contribution in [-0.2, 0) is 14.9 Å².